The molecule has 1 heterocycles. The number of nitriles is 1. The van der Waals surface area contributed by atoms with E-state index in [1.54, 1.807) is 0 Å². The number of hydrogen-bond acceptors (Lipinski definition) is 4. The Morgan fingerprint density at radius 2 is 1.68 bits per heavy atom. The molecule has 4 rings (SSSR count). The van der Waals surface area contributed by atoms with Crippen LogP contribution in [-0.2, 0) is 4.79 Å². The zero-order valence-electron chi connectivity index (χ0n) is 17.0. The molecule has 4 nitrogen and oxygen atoms in total. The lowest BCUT2D eigenvalue weighted by Gasteiger charge is -2.43. The van der Waals surface area contributed by atoms with Crippen molar-refractivity contribution in [3.63, 3.8) is 0 Å². The summed E-state index contributed by atoms with van der Waals surface area (Å²) in [5, 5.41) is 9.92. The number of para-hydroxylation sites is 1. The van der Waals surface area contributed by atoms with Gasteiger partial charge in [-0.25, -0.2) is 13.2 Å². The molecule has 1 aliphatic carbocycles. The topological polar surface area (TPSA) is 70.1 Å². The normalized spacial score (nSPS) is 20.6. The first kappa shape index (κ1) is 20.7. The third-order valence-corrected chi connectivity index (χ3v) is 5.75. The van der Waals surface area contributed by atoms with E-state index >= 15 is 0 Å². The van der Waals surface area contributed by atoms with Crippen molar-refractivity contribution in [1.82, 2.24) is 0 Å². The molecule has 0 fully saturated rings. The zero-order valence-corrected chi connectivity index (χ0v) is 17.0. The predicted molar refractivity (Wildman–Crippen MR) is 110 cm³/mol. The van der Waals surface area contributed by atoms with Crippen molar-refractivity contribution >= 4 is 11.5 Å². The Labute approximate surface area is 178 Å². The van der Waals surface area contributed by atoms with Crippen LogP contribution in [0.5, 0.6) is 0 Å². The summed E-state index contributed by atoms with van der Waals surface area (Å²) in [5.41, 5.74) is 6.54. The minimum Gasteiger partial charge on any atom is -0.384 e. The summed E-state index contributed by atoms with van der Waals surface area (Å²) in [4.78, 5) is 14.5. The average Bonchev–Trinajstić information content (AvgIpc) is 2.68. The van der Waals surface area contributed by atoms with E-state index in [0.717, 1.165) is 17.0 Å². The summed E-state index contributed by atoms with van der Waals surface area (Å²) >= 11 is 0. The van der Waals surface area contributed by atoms with Crippen LogP contribution in [0.25, 0.3) is 0 Å². The molecule has 0 aromatic heterocycles. The highest BCUT2D eigenvalue weighted by molar-refractivity contribution is 6.01. The number of carbonyl (C=O) groups is 1. The Balaban J connectivity index is 2.04. The highest BCUT2D eigenvalue weighted by Gasteiger charge is 2.45. The molecule has 2 N–H and O–H groups in total. The van der Waals surface area contributed by atoms with Gasteiger partial charge < -0.3 is 5.73 Å². The smallest absolute Gasteiger partial charge is 0.162 e. The maximum absolute atomic E-state index is 14.8. The summed E-state index contributed by atoms with van der Waals surface area (Å²) in [6.45, 7) is 3.77. The van der Waals surface area contributed by atoms with Crippen molar-refractivity contribution in [2.24, 2.45) is 11.1 Å². The van der Waals surface area contributed by atoms with Gasteiger partial charge in [0.15, 0.2) is 5.78 Å². The molecule has 0 saturated carbocycles. The van der Waals surface area contributed by atoms with E-state index in [4.69, 9.17) is 5.73 Å². The average molecular weight is 423 g/mol. The largest absolute Gasteiger partial charge is 0.384 e. The van der Waals surface area contributed by atoms with Gasteiger partial charge in [-0.1, -0.05) is 32.0 Å². The van der Waals surface area contributed by atoms with Crippen LogP contribution in [0.2, 0.25) is 0 Å². The maximum Gasteiger partial charge on any atom is 0.162 e. The molecule has 7 heteroatoms. The Morgan fingerprint density at radius 3 is 2.26 bits per heavy atom. The lowest BCUT2D eigenvalue weighted by atomic mass is 9.68. The van der Waals surface area contributed by atoms with Gasteiger partial charge in [0.1, 0.15) is 29.0 Å². The summed E-state index contributed by atoms with van der Waals surface area (Å²) in [7, 11) is 0. The van der Waals surface area contributed by atoms with Crippen LogP contribution in [-0.4, -0.2) is 5.78 Å². The van der Waals surface area contributed by atoms with E-state index in [-0.39, 0.29) is 29.2 Å². The lowest BCUT2D eigenvalue weighted by molar-refractivity contribution is -0.118. The first-order chi connectivity index (χ1) is 14.6. The Kier molecular flexibility index (Phi) is 4.89. The van der Waals surface area contributed by atoms with Gasteiger partial charge in [0.2, 0.25) is 0 Å². The molecular formula is C24H20F3N3O. The van der Waals surface area contributed by atoms with E-state index in [2.05, 4.69) is 0 Å². The van der Waals surface area contributed by atoms with E-state index in [0.29, 0.717) is 17.7 Å². The number of ketones is 1. The van der Waals surface area contributed by atoms with Crippen molar-refractivity contribution in [3.8, 4) is 6.07 Å². The van der Waals surface area contributed by atoms with Crippen LogP contribution in [0.3, 0.4) is 0 Å². The molecule has 1 aliphatic heterocycles. The second-order valence-electron chi connectivity index (χ2n) is 8.60. The number of allylic oxidation sites excluding steroid dienone is 3. The van der Waals surface area contributed by atoms with Gasteiger partial charge in [0.05, 0.1) is 17.6 Å². The number of nitrogens with two attached hydrogens (primary N) is 1. The maximum atomic E-state index is 14.8. The molecule has 1 unspecified atom stereocenters. The highest BCUT2D eigenvalue weighted by Crippen LogP contribution is 2.50. The Bertz CT molecular complexity index is 1170. The van der Waals surface area contributed by atoms with Crippen LogP contribution in [0.4, 0.5) is 18.9 Å². The van der Waals surface area contributed by atoms with Crippen molar-refractivity contribution in [3.05, 3.63) is 88.1 Å². The molecule has 31 heavy (non-hydrogen) atoms. The molecule has 0 spiro atoms. The van der Waals surface area contributed by atoms with Crippen LogP contribution in [0.15, 0.2) is 65.1 Å². The molecule has 2 aromatic carbocycles. The first-order valence-corrected chi connectivity index (χ1v) is 9.80. The van der Waals surface area contributed by atoms with E-state index in [9.17, 15) is 23.2 Å². The molecule has 2 aromatic rings. The minimum atomic E-state index is -0.858. The summed E-state index contributed by atoms with van der Waals surface area (Å²) in [6.07, 6.45) is 0.523. The van der Waals surface area contributed by atoms with Gasteiger partial charge in [-0.3, -0.25) is 9.69 Å². The van der Waals surface area contributed by atoms with Crippen molar-refractivity contribution in [2.75, 3.05) is 4.90 Å². The molecule has 1 atom stereocenters. The van der Waals surface area contributed by atoms with Crippen molar-refractivity contribution in [1.29, 1.82) is 5.26 Å². The van der Waals surface area contributed by atoms with Crippen molar-refractivity contribution in [2.45, 2.75) is 32.6 Å². The second-order valence-corrected chi connectivity index (χ2v) is 8.60. The fourth-order valence-corrected chi connectivity index (χ4v) is 4.46. The number of benzene rings is 2. The molecule has 2 aliphatic rings. The first-order valence-electron chi connectivity index (χ1n) is 9.80. The van der Waals surface area contributed by atoms with Gasteiger partial charge in [-0.05, 0) is 41.7 Å². The molecule has 0 bridgehead atoms. The number of nitrogens with zero attached hydrogens (tertiary/aromatic N) is 2. The fraction of sp³-hybridized carbons (Fsp3) is 0.250. The number of carbonyl (C=O) groups excluding carboxylic acids is 1. The van der Waals surface area contributed by atoms with Gasteiger partial charge in [-0.15, -0.1) is 0 Å². The number of hydrogen-bond donors (Lipinski definition) is 1. The third kappa shape index (κ3) is 3.38. The standard InChI is InChI=1S/C24H20F3N3O/c1-24(2)10-18-21(19(31)11-24)20(13-6-8-14(25)9-7-13)15(12-28)23(29)30(18)22-16(26)4-3-5-17(22)27/h3-9,20H,10-11,29H2,1-2H3. The quantitative estimate of drug-likeness (QED) is 0.734. The second kappa shape index (κ2) is 7.31. The summed E-state index contributed by atoms with van der Waals surface area (Å²) in [6, 6.07) is 10.9. The number of rotatable bonds is 2. The van der Waals surface area contributed by atoms with Crippen LogP contribution >= 0.6 is 0 Å². The van der Waals surface area contributed by atoms with Crippen LogP contribution in [0.1, 0.15) is 38.2 Å². The Hall–Kier alpha value is -3.53. The minimum absolute atomic E-state index is 0.0129. The van der Waals surface area contributed by atoms with E-state index in [1.807, 2.05) is 19.9 Å². The lowest BCUT2D eigenvalue weighted by Crippen LogP contribution is -2.42. The number of Topliss-reactive ketones (excluding diaryl/α,β-unsaturated/α-hetero) is 1. The van der Waals surface area contributed by atoms with Crippen LogP contribution < -0.4 is 10.6 Å². The predicted octanol–water partition coefficient (Wildman–Crippen LogP) is 5.04. The van der Waals surface area contributed by atoms with E-state index < -0.39 is 34.5 Å². The molecule has 0 saturated heterocycles. The third-order valence-electron chi connectivity index (χ3n) is 5.75. The fourth-order valence-electron chi connectivity index (χ4n) is 4.46. The molecule has 158 valence electrons. The van der Waals surface area contributed by atoms with Gasteiger partial charge >= 0.3 is 0 Å². The monoisotopic (exact) mass is 423 g/mol. The van der Waals surface area contributed by atoms with E-state index in [1.165, 1.54) is 30.3 Å². The van der Waals surface area contributed by atoms with Crippen molar-refractivity contribution < 1.29 is 18.0 Å². The SMILES string of the molecule is CC1(C)CC(=O)C2=C(C1)N(c1c(F)cccc1F)C(N)=C(C#N)C2c1ccc(F)cc1. The summed E-state index contributed by atoms with van der Waals surface area (Å²) in [5.74, 6) is -3.40. The molecule has 0 amide bonds. The number of anilines is 1. The molecule has 0 radical (unpaired) electrons. The van der Waals surface area contributed by atoms with Gasteiger partial charge in [0, 0.05) is 17.7 Å². The molecular weight excluding hydrogens is 403 g/mol. The zero-order chi connectivity index (χ0) is 22.5. The highest BCUT2D eigenvalue weighted by atomic mass is 19.1. The van der Waals surface area contributed by atoms with Gasteiger partial charge in [0.25, 0.3) is 0 Å². The Morgan fingerprint density at radius 1 is 1.06 bits per heavy atom. The number of halogens is 3. The van der Waals surface area contributed by atoms with Gasteiger partial charge in [-0.2, -0.15) is 5.26 Å². The van der Waals surface area contributed by atoms with Crippen LogP contribution in [0, 0.1) is 34.2 Å². The summed E-state index contributed by atoms with van der Waals surface area (Å²) < 4.78 is 43.0.